The Hall–Kier alpha value is -0.870. The summed E-state index contributed by atoms with van der Waals surface area (Å²) < 4.78 is 0. The second kappa shape index (κ2) is 7.45. The third-order valence-corrected chi connectivity index (χ3v) is 3.52. The van der Waals surface area contributed by atoms with E-state index in [1.54, 1.807) is 11.3 Å². The summed E-state index contributed by atoms with van der Waals surface area (Å²) in [5.41, 5.74) is 6.85. The Kier molecular flexibility index (Phi) is 6.22. The topological polar surface area (TPSA) is 55.1 Å². The Bertz CT molecular complexity index is 322. The van der Waals surface area contributed by atoms with Gasteiger partial charge in [-0.1, -0.05) is 13.3 Å². The lowest BCUT2D eigenvalue weighted by Gasteiger charge is -2.12. The number of rotatable bonds is 7. The molecule has 2 unspecified atom stereocenters. The van der Waals surface area contributed by atoms with Crippen LogP contribution >= 0.6 is 11.3 Å². The molecule has 96 valence electrons. The molecule has 0 bridgehead atoms. The van der Waals surface area contributed by atoms with Gasteiger partial charge in [-0.2, -0.15) is 11.3 Å². The molecule has 1 rings (SSSR count). The highest BCUT2D eigenvalue weighted by atomic mass is 32.1. The Morgan fingerprint density at radius 3 is 2.82 bits per heavy atom. The molecule has 0 fully saturated rings. The summed E-state index contributed by atoms with van der Waals surface area (Å²) in [5, 5.41) is 7.04. The second-order valence-corrected chi connectivity index (χ2v) is 5.44. The molecule has 0 radical (unpaired) electrons. The van der Waals surface area contributed by atoms with Crippen molar-refractivity contribution in [3.63, 3.8) is 0 Å². The van der Waals surface area contributed by atoms with Gasteiger partial charge in [0.25, 0.3) is 0 Å². The number of carbonyl (C=O) groups is 1. The van der Waals surface area contributed by atoms with Gasteiger partial charge < -0.3 is 11.1 Å². The molecule has 0 saturated heterocycles. The summed E-state index contributed by atoms with van der Waals surface area (Å²) in [5.74, 6) is 0.216. The average molecular weight is 254 g/mol. The lowest BCUT2D eigenvalue weighted by atomic mass is 10.0. The van der Waals surface area contributed by atoms with E-state index in [4.69, 9.17) is 5.73 Å². The summed E-state index contributed by atoms with van der Waals surface area (Å²) in [6.45, 7) is 4.62. The van der Waals surface area contributed by atoms with Crippen molar-refractivity contribution in [1.82, 2.24) is 5.32 Å². The van der Waals surface area contributed by atoms with Crippen LogP contribution in [0.3, 0.4) is 0 Å². The molecule has 0 aliphatic rings. The number of nitrogens with one attached hydrogen (secondary N) is 1. The van der Waals surface area contributed by atoms with E-state index < -0.39 is 0 Å². The third kappa shape index (κ3) is 5.84. The quantitative estimate of drug-likeness (QED) is 0.785. The van der Waals surface area contributed by atoms with Gasteiger partial charge in [0.1, 0.15) is 0 Å². The largest absolute Gasteiger partial charge is 0.352 e. The Balaban J connectivity index is 2.18. The summed E-state index contributed by atoms with van der Waals surface area (Å²) >= 11 is 1.65. The summed E-state index contributed by atoms with van der Waals surface area (Å²) in [7, 11) is 0. The Labute approximate surface area is 107 Å². The van der Waals surface area contributed by atoms with E-state index in [0.717, 1.165) is 19.3 Å². The van der Waals surface area contributed by atoms with Crippen LogP contribution in [0.15, 0.2) is 16.8 Å². The minimum atomic E-state index is 0.0763. The molecule has 0 aromatic carbocycles. The van der Waals surface area contributed by atoms with Gasteiger partial charge in [0.05, 0.1) is 0 Å². The van der Waals surface area contributed by atoms with E-state index in [2.05, 4.69) is 10.7 Å². The highest BCUT2D eigenvalue weighted by Gasteiger charge is 2.12. The van der Waals surface area contributed by atoms with Gasteiger partial charge in [-0.25, -0.2) is 0 Å². The SMILES string of the molecule is CC(N)CCCC(C)C(=O)NCc1ccsc1. The molecule has 0 spiro atoms. The molecule has 0 aliphatic heterocycles. The fourth-order valence-electron chi connectivity index (χ4n) is 1.63. The van der Waals surface area contributed by atoms with Gasteiger partial charge in [0.15, 0.2) is 0 Å². The van der Waals surface area contributed by atoms with E-state index in [1.807, 2.05) is 25.3 Å². The molecule has 3 N–H and O–H groups in total. The first-order valence-electron chi connectivity index (χ1n) is 6.14. The van der Waals surface area contributed by atoms with Crippen LogP contribution in [0.25, 0.3) is 0 Å². The second-order valence-electron chi connectivity index (χ2n) is 4.66. The first-order chi connectivity index (χ1) is 8.09. The number of hydrogen-bond acceptors (Lipinski definition) is 3. The van der Waals surface area contributed by atoms with Gasteiger partial charge in [-0.05, 0) is 42.2 Å². The minimum absolute atomic E-state index is 0.0763. The molecular weight excluding hydrogens is 232 g/mol. The van der Waals surface area contributed by atoms with Crippen LogP contribution in [-0.2, 0) is 11.3 Å². The van der Waals surface area contributed by atoms with Crippen LogP contribution in [0.4, 0.5) is 0 Å². The maximum atomic E-state index is 11.8. The number of nitrogens with two attached hydrogens (primary N) is 1. The molecule has 3 nitrogen and oxygen atoms in total. The molecule has 1 aromatic rings. The predicted molar refractivity (Wildman–Crippen MR) is 72.8 cm³/mol. The Morgan fingerprint density at radius 2 is 2.24 bits per heavy atom. The maximum Gasteiger partial charge on any atom is 0.223 e. The molecule has 1 amide bonds. The fourth-order valence-corrected chi connectivity index (χ4v) is 2.30. The zero-order valence-corrected chi connectivity index (χ0v) is 11.4. The third-order valence-electron chi connectivity index (χ3n) is 2.79. The smallest absolute Gasteiger partial charge is 0.223 e. The zero-order chi connectivity index (χ0) is 12.7. The Morgan fingerprint density at radius 1 is 1.47 bits per heavy atom. The number of hydrogen-bond donors (Lipinski definition) is 2. The minimum Gasteiger partial charge on any atom is -0.352 e. The van der Waals surface area contributed by atoms with Gasteiger partial charge in [0, 0.05) is 18.5 Å². The highest BCUT2D eigenvalue weighted by Crippen LogP contribution is 2.10. The van der Waals surface area contributed by atoms with E-state index >= 15 is 0 Å². The first kappa shape index (κ1) is 14.2. The van der Waals surface area contributed by atoms with E-state index in [0.29, 0.717) is 6.54 Å². The van der Waals surface area contributed by atoms with Gasteiger partial charge in [-0.15, -0.1) is 0 Å². The van der Waals surface area contributed by atoms with Gasteiger partial charge in [0.2, 0.25) is 5.91 Å². The van der Waals surface area contributed by atoms with E-state index in [-0.39, 0.29) is 17.9 Å². The van der Waals surface area contributed by atoms with Crippen LogP contribution in [-0.4, -0.2) is 11.9 Å². The maximum absolute atomic E-state index is 11.8. The highest BCUT2D eigenvalue weighted by molar-refractivity contribution is 7.07. The summed E-state index contributed by atoms with van der Waals surface area (Å²) in [6.07, 6.45) is 2.92. The van der Waals surface area contributed by atoms with Crippen molar-refractivity contribution in [3.8, 4) is 0 Å². The number of carbonyl (C=O) groups excluding carboxylic acids is 1. The molecular formula is C13H22N2OS. The van der Waals surface area contributed by atoms with Crippen molar-refractivity contribution >= 4 is 17.2 Å². The molecule has 1 aromatic heterocycles. The molecule has 0 aliphatic carbocycles. The van der Waals surface area contributed by atoms with Crippen molar-refractivity contribution in [2.45, 2.75) is 45.7 Å². The lowest BCUT2D eigenvalue weighted by molar-refractivity contribution is -0.124. The van der Waals surface area contributed by atoms with Crippen molar-refractivity contribution in [2.24, 2.45) is 11.7 Å². The lowest BCUT2D eigenvalue weighted by Crippen LogP contribution is -2.28. The molecule has 1 heterocycles. The normalized spacial score (nSPS) is 14.3. The summed E-state index contributed by atoms with van der Waals surface area (Å²) in [6, 6.07) is 2.27. The number of thiophene rings is 1. The standard InChI is InChI=1S/C13H22N2OS/c1-10(4-3-5-11(2)14)13(16)15-8-12-6-7-17-9-12/h6-7,9-11H,3-5,8,14H2,1-2H3,(H,15,16). The fraction of sp³-hybridized carbons (Fsp3) is 0.615. The van der Waals surface area contributed by atoms with Crippen LogP contribution in [0.5, 0.6) is 0 Å². The van der Waals surface area contributed by atoms with Crippen molar-refractivity contribution in [2.75, 3.05) is 0 Å². The van der Waals surface area contributed by atoms with E-state index in [9.17, 15) is 4.79 Å². The van der Waals surface area contributed by atoms with Crippen molar-refractivity contribution in [3.05, 3.63) is 22.4 Å². The molecule has 17 heavy (non-hydrogen) atoms. The predicted octanol–water partition coefficient (Wildman–Crippen LogP) is 2.52. The van der Waals surface area contributed by atoms with Gasteiger partial charge >= 0.3 is 0 Å². The molecule has 2 atom stereocenters. The first-order valence-corrected chi connectivity index (χ1v) is 7.08. The zero-order valence-electron chi connectivity index (χ0n) is 10.6. The average Bonchev–Trinajstić information content (AvgIpc) is 2.78. The van der Waals surface area contributed by atoms with E-state index in [1.165, 1.54) is 5.56 Å². The monoisotopic (exact) mass is 254 g/mol. The van der Waals surface area contributed by atoms with Crippen LogP contribution in [0, 0.1) is 5.92 Å². The van der Waals surface area contributed by atoms with Crippen molar-refractivity contribution < 1.29 is 4.79 Å². The molecule has 4 heteroatoms. The van der Waals surface area contributed by atoms with Gasteiger partial charge in [-0.3, -0.25) is 4.79 Å². The van der Waals surface area contributed by atoms with Crippen LogP contribution in [0.1, 0.15) is 38.7 Å². The number of amides is 1. The van der Waals surface area contributed by atoms with Crippen molar-refractivity contribution in [1.29, 1.82) is 0 Å². The van der Waals surface area contributed by atoms with Crippen LogP contribution in [0.2, 0.25) is 0 Å². The summed E-state index contributed by atoms with van der Waals surface area (Å²) in [4.78, 5) is 11.8. The molecule has 0 saturated carbocycles. The van der Waals surface area contributed by atoms with Crippen LogP contribution < -0.4 is 11.1 Å².